The van der Waals surface area contributed by atoms with Crippen molar-refractivity contribution in [3.63, 3.8) is 0 Å². The topological polar surface area (TPSA) is 75.9 Å². The number of aromatic amines is 1. The van der Waals surface area contributed by atoms with Gasteiger partial charge in [-0.2, -0.15) is 5.10 Å². The van der Waals surface area contributed by atoms with Crippen LogP contribution in [0.4, 0.5) is 0 Å². The number of H-pyrrole nitrogens is 1. The third-order valence-corrected chi connectivity index (χ3v) is 5.98. The molecule has 1 aliphatic heterocycles. The fourth-order valence-corrected chi connectivity index (χ4v) is 4.38. The predicted molar refractivity (Wildman–Crippen MR) is 115 cm³/mol. The van der Waals surface area contributed by atoms with E-state index in [4.69, 9.17) is 0 Å². The first-order valence-electron chi connectivity index (χ1n) is 10.2. The molecule has 7 nitrogen and oxygen atoms in total. The van der Waals surface area contributed by atoms with Gasteiger partial charge in [-0.3, -0.25) is 9.36 Å². The van der Waals surface area contributed by atoms with Crippen molar-refractivity contribution in [1.29, 1.82) is 0 Å². The molecule has 0 atom stereocenters. The van der Waals surface area contributed by atoms with Crippen molar-refractivity contribution in [2.24, 2.45) is 0 Å². The number of hydrogen-bond acceptors (Lipinski definition) is 3. The molecule has 1 amide bonds. The lowest BCUT2D eigenvalue weighted by atomic mass is 10.0. The highest BCUT2D eigenvalue weighted by Gasteiger charge is 2.28. The van der Waals surface area contributed by atoms with Crippen LogP contribution in [-0.2, 0) is 0 Å². The van der Waals surface area contributed by atoms with Crippen LogP contribution in [-0.4, -0.2) is 43.2 Å². The van der Waals surface area contributed by atoms with Gasteiger partial charge in [-0.1, -0.05) is 30.3 Å². The number of aromatic nitrogens is 4. The molecule has 1 N–H and O–H groups in total. The Morgan fingerprint density at radius 3 is 2.50 bits per heavy atom. The normalized spacial score (nSPS) is 15.0. The van der Waals surface area contributed by atoms with Gasteiger partial charge in [-0.05, 0) is 44.0 Å². The van der Waals surface area contributed by atoms with Gasteiger partial charge in [0, 0.05) is 19.1 Å². The van der Waals surface area contributed by atoms with Crippen molar-refractivity contribution in [1.82, 2.24) is 24.2 Å². The summed E-state index contributed by atoms with van der Waals surface area (Å²) in [6.45, 7) is 3.16. The highest BCUT2D eigenvalue weighted by Crippen LogP contribution is 2.26. The second kappa shape index (κ2) is 7.33. The highest BCUT2D eigenvalue weighted by atomic mass is 16.2. The molecule has 0 aliphatic carbocycles. The van der Waals surface area contributed by atoms with Gasteiger partial charge in [0.1, 0.15) is 0 Å². The quantitative estimate of drug-likeness (QED) is 0.572. The Labute approximate surface area is 173 Å². The van der Waals surface area contributed by atoms with Crippen molar-refractivity contribution in [2.45, 2.75) is 25.8 Å². The number of benzene rings is 2. The molecular formula is C23H23N5O2. The summed E-state index contributed by atoms with van der Waals surface area (Å²) in [4.78, 5) is 30.4. The molecule has 2 aromatic carbocycles. The molecule has 0 unspecified atom stereocenters. The lowest BCUT2D eigenvalue weighted by Gasteiger charge is -2.32. The van der Waals surface area contributed by atoms with Gasteiger partial charge >= 0.3 is 5.69 Å². The smallest absolute Gasteiger partial charge is 0.326 e. The molecule has 5 rings (SSSR count). The number of rotatable bonds is 3. The number of carbonyl (C=O) groups excluding carboxylic acids is 1. The highest BCUT2D eigenvalue weighted by molar-refractivity contribution is 5.95. The maximum Gasteiger partial charge on any atom is 0.326 e. The molecule has 0 bridgehead atoms. The zero-order valence-corrected chi connectivity index (χ0v) is 16.8. The van der Waals surface area contributed by atoms with Crippen molar-refractivity contribution in [3.8, 4) is 5.69 Å². The molecular weight excluding hydrogens is 378 g/mol. The monoisotopic (exact) mass is 401 g/mol. The van der Waals surface area contributed by atoms with E-state index in [1.54, 1.807) is 10.9 Å². The standard InChI is InChI=1S/C23H23N5O2/c1-16-19(15-24-28(16)18-7-3-2-4-8-18)22(29)26-13-11-17(12-14-26)27-21-10-6-5-9-20(21)25-23(27)30/h2-10,15,17H,11-14H2,1H3,(H,25,30). The van der Waals surface area contributed by atoms with Crippen LogP contribution in [0.1, 0.15) is 34.9 Å². The van der Waals surface area contributed by atoms with Crippen molar-refractivity contribution in [2.75, 3.05) is 13.1 Å². The van der Waals surface area contributed by atoms with E-state index in [-0.39, 0.29) is 17.6 Å². The molecule has 0 saturated carbocycles. The minimum absolute atomic E-state index is 0.000551. The zero-order chi connectivity index (χ0) is 20.7. The first-order chi connectivity index (χ1) is 14.6. The Balaban J connectivity index is 1.34. The molecule has 1 aliphatic rings. The summed E-state index contributed by atoms with van der Waals surface area (Å²) in [5, 5.41) is 4.42. The first kappa shape index (κ1) is 18.4. The third kappa shape index (κ3) is 3.03. The van der Waals surface area contributed by atoms with E-state index in [9.17, 15) is 9.59 Å². The zero-order valence-electron chi connectivity index (χ0n) is 16.8. The number of para-hydroxylation sites is 3. The molecule has 2 aromatic heterocycles. The number of carbonyl (C=O) groups is 1. The maximum atomic E-state index is 13.1. The molecule has 152 valence electrons. The van der Waals surface area contributed by atoms with E-state index in [0.29, 0.717) is 18.7 Å². The number of hydrogen-bond donors (Lipinski definition) is 1. The molecule has 0 spiro atoms. The predicted octanol–water partition coefficient (Wildman–Crippen LogP) is 3.30. The van der Waals surface area contributed by atoms with E-state index >= 15 is 0 Å². The lowest BCUT2D eigenvalue weighted by molar-refractivity contribution is 0.0694. The van der Waals surface area contributed by atoms with Crippen molar-refractivity contribution in [3.05, 3.63) is 82.5 Å². The number of amides is 1. The summed E-state index contributed by atoms with van der Waals surface area (Å²) in [7, 11) is 0. The van der Waals surface area contributed by atoms with Gasteiger partial charge in [0.2, 0.25) is 0 Å². The maximum absolute atomic E-state index is 13.1. The van der Waals surface area contributed by atoms with Gasteiger partial charge < -0.3 is 9.88 Å². The summed E-state index contributed by atoms with van der Waals surface area (Å²) in [6, 6.07) is 17.6. The van der Waals surface area contributed by atoms with Crippen molar-refractivity contribution < 1.29 is 4.79 Å². The Morgan fingerprint density at radius 1 is 1.03 bits per heavy atom. The van der Waals surface area contributed by atoms with E-state index < -0.39 is 0 Å². The van der Waals surface area contributed by atoms with E-state index in [1.807, 2.05) is 71.0 Å². The van der Waals surface area contributed by atoms with Crippen LogP contribution in [0.15, 0.2) is 65.6 Å². The van der Waals surface area contributed by atoms with Crippen LogP contribution < -0.4 is 5.69 Å². The van der Waals surface area contributed by atoms with Gasteiger partial charge in [-0.15, -0.1) is 0 Å². The van der Waals surface area contributed by atoms with Gasteiger partial charge in [0.15, 0.2) is 0 Å². The number of likely N-dealkylation sites (tertiary alicyclic amines) is 1. The van der Waals surface area contributed by atoms with Crippen LogP contribution in [0.5, 0.6) is 0 Å². The van der Waals surface area contributed by atoms with E-state index in [0.717, 1.165) is 35.3 Å². The average molecular weight is 401 g/mol. The van der Waals surface area contributed by atoms with Crippen LogP contribution in [0.2, 0.25) is 0 Å². The van der Waals surface area contributed by atoms with Gasteiger partial charge in [-0.25, -0.2) is 9.48 Å². The summed E-state index contributed by atoms with van der Waals surface area (Å²) in [6.07, 6.45) is 3.15. The minimum Gasteiger partial charge on any atom is -0.338 e. The summed E-state index contributed by atoms with van der Waals surface area (Å²) in [5.74, 6) is -0.000551. The Kier molecular flexibility index (Phi) is 4.50. The summed E-state index contributed by atoms with van der Waals surface area (Å²) < 4.78 is 3.64. The summed E-state index contributed by atoms with van der Waals surface area (Å²) >= 11 is 0. The molecule has 4 aromatic rings. The second-order valence-corrected chi connectivity index (χ2v) is 7.73. The van der Waals surface area contributed by atoms with Crippen molar-refractivity contribution >= 4 is 16.9 Å². The summed E-state index contributed by atoms with van der Waals surface area (Å²) in [5.41, 5.74) is 4.09. The lowest BCUT2D eigenvalue weighted by Crippen LogP contribution is -2.40. The van der Waals surface area contributed by atoms with Crippen LogP contribution in [0, 0.1) is 6.92 Å². The molecule has 0 radical (unpaired) electrons. The second-order valence-electron chi connectivity index (χ2n) is 7.73. The number of fused-ring (bicyclic) bond motifs is 1. The fourth-order valence-electron chi connectivity index (χ4n) is 4.38. The third-order valence-electron chi connectivity index (χ3n) is 5.98. The van der Waals surface area contributed by atoms with Crippen LogP contribution >= 0.6 is 0 Å². The largest absolute Gasteiger partial charge is 0.338 e. The molecule has 30 heavy (non-hydrogen) atoms. The Morgan fingerprint density at radius 2 is 1.73 bits per heavy atom. The van der Waals surface area contributed by atoms with E-state index in [1.165, 1.54) is 0 Å². The van der Waals surface area contributed by atoms with Crippen LogP contribution in [0.3, 0.4) is 0 Å². The average Bonchev–Trinajstić information content (AvgIpc) is 3.33. The molecule has 1 saturated heterocycles. The Bertz CT molecular complexity index is 1260. The minimum atomic E-state index is -0.0824. The number of piperidine rings is 1. The molecule has 7 heteroatoms. The van der Waals surface area contributed by atoms with E-state index in [2.05, 4.69) is 10.1 Å². The van der Waals surface area contributed by atoms with Gasteiger partial charge in [0.05, 0.1) is 34.2 Å². The molecule has 1 fully saturated rings. The number of nitrogens with one attached hydrogen (secondary N) is 1. The Hall–Kier alpha value is -3.61. The first-order valence-corrected chi connectivity index (χ1v) is 10.2. The fraction of sp³-hybridized carbons (Fsp3) is 0.261. The SMILES string of the molecule is Cc1c(C(=O)N2CCC(n3c(=O)[nH]c4ccccc43)CC2)cnn1-c1ccccc1. The van der Waals surface area contributed by atoms with Crippen LogP contribution in [0.25, 0.3) is 16.7 Å². The number of imidazole rings is 1. The van der Waals surface area contributed by atoms with Gasteiger partial charge in [0.25, 0.3) is 5.91 Å². The number of nitrogens with zero attached hydrogens (tertiary/aromatic N) is 4. The molecule has 3 heterocycles.